The minimum absolute atomic E-state index is 0.00527. The minimum atomic E-state index is 0.00527. The summed E-state index contributed by atoms with van der Waals surface area (Å²) >= 11 is 0. The van der Waals surface area contributed by atoms with E-state index in [-0.39, 0.29) is 11.9 Å². The molecule has 2 aliphatic heterocycles. The van der Waals surface area contributed by atoms with E-state index in [1.807, 2.05) is 42.2 Å². The number of aryl methyl sites for hydroxylation is 2. The molecule has 1 aromatic carbocycles. The molecule has 6 heteroatoms. The van der Waals surface area contributed by atoms with Crippen LogP contribution >= 0.6 is 0 Å². The number of piperazine rings is 1. The molecule has 0 spiro atoms. The number of nitrogens with zero attached hydrogens (tertiary/aromatic N) is 5. The smallest absolute Gasteiger partial charge is 0.244 e. The van der Waals surface area contributed by atoms with Crippen LogP contribution in [0.4, 0.5) is 11.5 Å². The van der Waals surface area contributed by atoms with Crippen LogP contribution in [0.1, 0.15) is 24.9 Å². The quantitative estimate of drug-likeness (QED) is 0.832. The SMILES string of the molecule is CCc1cc(N2CCN(C3CCN(c4ccccc4)C3=O)CC2)nc(C)n1. The average Bonchev–Trinajstić information content (AvgIpc) is 3.09. The predicted molar refractivity (Wildman–Crippen MR) is 107 cm³/mol. The van der Waals surface area contributed by atoms with Gasteiger partial charge in [-0.3, -0.25) is 9.69 Å². The molecule has 0 aliphatic carbocycles. The first-order chi connectivity index (χ1) is 13.2. The molecule has 27 heavy (non-hydrogen) atoms. The lowest BCUT2D eigenvalue weighted by molar-refractivity contribution is -0.121. The van der Waals surface area contributed by atoms with Gasteiger partial charge in [0.1, 0.15) is 11.6 Å². The molecule has 6 nitrogen and oxygen atoms in total. The summed E-state index contributed by atoms with van der Waals surface area (Å²) in [7, 11) is 0. The van der Waals surface area contributed by atoms with E-state index in [4.69, 9.17) is 0 Å². The molecule has 1 aromatic heterocycles. The van der Waals surface area contributed by atoms with Crippen LogP contribution in [-0.4, -0.2) is 59.5 Å². The number of rotatable bonds is 4. The largest absolute Gasteiger partial charge is 0.354 e. The Kier molecular flexibility index (Phi) is 5.07. The molecule has 4 rings (SSSR count). The number of carbonyl (C=O) groups is 1. The summed E-state index contributed by atoms with van der Waals surface area (Å²) in [6.45, 7) is 8.46. The van der Waals surface area contributed by atoms with Gasteiger partial charge in [0.2, 0.25) is 5.91 Å². The van der Waals surface area contributed by atoms with Crippen molar-refractivity contribution in [3.05, 3.63) is 47.9 Å². The maximum Gasteiger partial charge on any atom is 0.244 e. The van der Waals surface area contributed by atoms with Crippen molar-refractivity contribution in [1.29, 1.82) is 0 Å². The first-order valence-electron chi connectivity index (χ1n) is 9.85. The monoisotopic (exact) mass is 365 g/mol. The highest BCUT2D eigenvalue weighted by atomic mass is 16.2. The summed E-state index contributed by atoms with van der Waals surface area (Å²) in [5.74, 6) is 2.08. The fourth-order valence-corrected chi connectivity index (χ4v) is 4.09. The highest BCUT2D eigenvalue weighted by molar-refractivity contribution is 5.99. The molecule has 2 fully saturated rings. The Morgan fingerprint density at radius 3 is 2.48 bits per heavy atom. The van der Waals surface area contributed by atoms with Crippen LogP contribution < -0.4 is 9.80 Å². The van der Waals surface area contributed by atoms with Crippen molar-refractivity contribution in [2.75, 3.05) is 42.5 Å². The van der Waals surface area contributed by atoms with E-state index in [0.717, 1.165) is 68.6 Å². The topological polar surface area (TPSA) is 52.6 Å². The number of hydrogen-bond donors (Lipinski definition) is 0. The Morgan fingerprint density at radius 2 is 1.78 bits per heavy atom. The Balaban J connectivity index is 1.40. The van der Waals surface area contributed by atoms with Gasteiger partial charge in [0.25, 0.3) is 0 Å². The van der Waals surface area contributed by atoms with Crippen molar-refractivity contribution in [2.24, 2.45) is 0 Å². The van der Waals surface area contributed by atoms with E-state index in [1.54, 1.807) is 0 Å². The fraction of sp³-hybridized carbons (Fsp3) is 0.476. The number of carbonyl (C=O) groups excluding carboxylic acids is 1. The third-order valence-electron chi connectivity index (χ3n) is 5.56. The van der Waals surface area contributed by atoms with Crippen molar-refractivity contribution in [3.8, 4) is 0 Å². The van der Waals surface area contributed by atoms with Crippen LogP contribution in [0.2, 0.25) is 0 Å². The molecule has 1 atom stereocenters. The van der Waals surface area contributed by atoms with E-state index < -0.39 is 0 Å². The van der Waals surface area contributed by atoms with Crippen molar-refractivity contribution < 1.29 is 4.79 Å². The molecule has 1 amide bonds. The molecule has 2 aliphatic rings. The average molecular weight is 365 g/mol. The second-order valence-corrected chi connectivity index (χ2v) is 7.27. The predicted octanol–water partition coefficient (Wildman–Crippen LogP) is 2.27. The highest BCUT2D eigenvalue weighted by Crippen LogP contribution is 2.25. The third-order valence-corrected chi connectivity index (χ3v) is 5.56. The molecule has 0 bridgehead atoms. The molecular weight excluding hydrogens is 338 g/mol. The lowest BCUT2D eigenvalue weighted by Crippen LogP contribution is -2.52. The number of aromatic nitrogens is 2. The van der Waals surface area contributed by atoms with Crippen LogP contribution in [0.3, 0.4) is 0 Å². The van der Waals surface area contributed by atoms with Crippen LogP contribution in [0.25, 0.3) is 0 Å². The summed E-state index contributed by atoms with van der Waals surface area (Å²) in [4.78, 5) is 28.6. The molecule has 142 valence electrons. The molecule has 3 heterocycles. The number of anilines is 2. The van der Waals surface area contributed by atoms with Crippen molar-refractivity contribution in [2.45, 2.75) is 32.7 Å². The summed E-state index contributed by atoms with van der Waals surface area (Å²) in [5, 5.41) is 0. The van der Waals surface area contributed by atoms with Crippen LogP contribution in [0, 0.1) is 6.92 Å². The maximum absolute atomic E-state index is 12.9. The van der Waals surface area contributed by atoms with Gasteiger partial charge in [0.05, 0.1) is 6.04 Å². The zero-order chi connectivity index (χ0) is 18.8. The first-order valence-corrected chi connectivity index (χ1v) is 9.85. The van der Waals surface area contributed by atoms with E-state index in [0.29, 0.717) is 0 Å². The Labute approximate surface area is 160 Å². The third kappa shape index (κ3) is 3.67. The summed E-state index contributed by atoms with van der Waals surface area (Å²) in [6.07, 6.45) is 1.82. The van der Waals surface area contributed by atoms with Gasteiger partial charge < -0.3 is 9.80 Å². The molecule has 2 aromatic rings. The lowest BCUT2D eigenvalue weighted by atomic mass is 10.1. The van der Waals surface area contributed by atoms with Gasteiger partial charge >= 0.3 is 0 Å². The first kappa shape index (κ1) is 17.9. The van der Waals surface area contributed by atoms with Gasteiger partial charge in [-0.15, -0.1) is 0 Å². The Morgan fingerprint density at radius 1 is 1.04 bits per heavy atom. The number of hydrogen-bond acceptors (Lipinski definition) is 5. The molecular formula is C21H27N5O. The minimum Gasteiger partial charge on any atom is -0.354 e. The van der Waals surface area contributed by atoms with E-state index >= 15 is 0 Å². The lowest BCUT2D eigenvalue weighted by Gasteiger charge is -2.38. The van der Waals surface area contributed by atoms with Gasteiger partial charge in [-0.2, -0.15) is 0 Å². The normalized spacial score (nSPS) is 21.1. The summed E-state index contributed by atoms with van der Waals surface area (Å²) in [5.41, 5.74) is 2.09. The van der Waals surface area contributed by atoms with Gasteiger partial charge in [-0.1, -0.05) is 25.1 Å². The standard InChI is InChI=1S/C21H27N5O/c1-3-17-15-20(23-16(2)22-17)25-13-11-24(12-14-25)19-9-10-26(21(19)27)18-7-5-4-6-8-18/h4-8,15,19H,3,9-14H2,1-2H3. The maximum atomic E-state index is 12.9. The fourth-order valence-electron chi connectivity index (χ4n) is 4.09. The van der Waals surface area contributed by atoms with Crippen LogP contribution in [0.5, 0.6) is 0 Å². The number of amides is 1. The second-order valence-electron chi connectivity index (χ2n) is 7.27. The van der Waals surface area contributed by atoms with Crippen molar-refractivity contribution in [1.82, 2.24) is 14.9 Å². The van der Waals surface area contributed by atoms with E-state index in [9.17, 15) is 4.79 Å². The van der Waals surface area contributed by atoms with E-state index in [2.05, 4.69) is 32.8 Å². The van der Waals surface area contributed by atoms with Crippen LogP contribution in [0.15, 0.2) is 36.4 Å². The van der Waals surface area contributed by atoms with Gasteiger partial charge in [0, 0.05) is 50.2 Å². The molecule has 2 saturated heterocycles. The highest BCUT2D eigenvalue weighted by Gasteiger charge is 2.37. The Bertz CT molecular complexity index is 801. The van der Waals surface area contributed by atoms with Crippen molar-refractivity contribution in [3.63, 3.8) is 0 Å². The zero-order valence-electron chi connectivity index (χ0n) is 16.1. The Hall–Kier alpha value is -2.47. The van der Waals surface area contributed by atoms with Gasteiger partial charge in [0.15, 0.2) is 0 Å². The van der Waals surface area contributed by atoms with Crippen molar-refractivity contribution >= 4 is 17.4 Å². The molecule has 1 unspecified atom stereocenters. The van der Waals surface area contributed by atoms with Gasteiger partial charge in [-0.05, 0) is 31.9 Å². The number of para-hydroxylation sites is 1. The molecule has 0 N–H and O–H groups in total. The van der Waals surface area contributed by atoms with Crippen LogP contribution in [-0.2, 0) is 11.2 Å². The summed E-state index contributed by atoms with van der Waals surface area (Å²) in [6, 6.07) is 12.1. The summed E-state index contributed by atoms with van der Waals surface area (Å²) < 4.78 is 0. The van der Waals surface area contributed by atoms with Gasteiger partial charge in [-0.25, -0.2) is 9.97 Å². The molecule has 0 radical (unpaired) electrons. The zero-order valence-corrected chi connectivity index (χ0v) is 16.1. The van der Waals surface area contributed by atoms with E-state index in [1.165, 1.54) is 0 Å². The second kappa shape index (κ2) is 7.64. The number of benzene rings is 1. The molecule has 0 saturated carbocycles.